The van der Waals surface area contributed by atoms with Gasteiger partial charge in [0.1, 0.15) is 5.82 Å². The molecule has 1 aromatic carbocycles. The normalized spacial score (nSPS) is 24.3. The van der Waals surface area contributed by atoms with Crippen LogP contribution in [0.25, 0.3) is 0 Å². The van der Waals surface area contributed by atoms with Crippen molar-refractivity contribution in [3.63, 3.8) is 0 Å². The van der Waals surface area contributed by atoms with Crippen LogP contribution in [-0.4, -0.2) is 12.6 Å². The van der Waals surface area contributed by atoms with Crippen LogP contribution in [0.5, 0.6) is 0 Å². The fourth-order valence-corrected chi connectivity index (χ4v) is 4.08. The Balaban J connectivity index is 1.87. The molecule has 0 amide bonds. The molecule has 1 aliphatic heterocycles. The summed E-state index contributed by atoms with van der Waals surface area (Å²) in [6.07, 6.45) is 8.00. The molecule has 0 spiro atoms. The number of anilines is 1. The first kappa shape index (κ1) is 13.2. The highest BCUT2D eigenvalue weighted by Crippen LogP contribution is 2.39. The highest BCUT2D eigenvalue weighted by atomic mass is 35.5. The van der Waals surface area contributed by atoms with Gasteiger partial charge in [0.05, 0.1) is 0 Å². The maximum atomic E-state index is 13.3. The third kappa shape index (κ3) is 2.60. The van der Waals surface area contributed by atoms with Crippen molar-refractivity contribution < 1.29 is 4.39 Å². The molecule has 0 bridgehead atoms. The first-order chi connectivity index (χ1) is 9.29. The molecule has 1 heterocycles. The lowest BCUT2D eigenvalue weighted by Gasteiger charge is -2.32. The van der Waals surface area contributed by atoms with Gasteiger partial charge >= 0.3 is 0 Å². The predicted molar refractivity (Wildman–Crippen MR) is 78.3 cm³/mol. The summed E-state index contributed by atoms with van der Waals surface area (Å²) >= 11 is 6.00. The first-order valence-electron chi connectivity index (χ1n) is 7.40. The molecule has 1 aromatic rings. The van der Waals surface area contributed by atoms with E-state index >= 15 is 0 Å². The van der Waals surface area contributed by atoms with Crippen molar-refractivity contribution in [2.75, 3.05) is 11.4 Å². The Labute approximate surface area is 119 Å². The van der Waals surface area contributed by atoms with Crippen molar-refractivity contribution in [2.45, 2.75) is 50.4 Å². The summed E-state index contributed by atoms with van der Waals surface area (Å²) in [4.78, 5) is 2.49. The van der Waals surface area contributed by atoms with E-state index in [1.54, 1.807) is 12.1 Å². The molecular formula is C16H21ClFN. The van der Waals surface area contributed by atoms with Crippen LogP contribution < -0.4 is 4.90 Å². The number of hydrogen-bond donors (Lipinski definition) is 0. The highest BCUT2D eigenvalue weighted by Gasteiger charge is 2.34. The number of hydrogen-bond acceptors (Lipinski definition) is 1. The van der Waals surface area contributed by atoms with Gasteiger partial charge in [0.2, 0.25) is 0 Å². The van der Waals surface area contributed by atoms with Gasteiger partial charge in [-0.15, -0.1) is 11.6 Å². The molecule has 1 unspecified atom stereocenters. The van der Waals surface area contributed by atoms with E-state index < -0.39 is 0 Å². The molecule has 2 fully saturated rings. The average molecular weight is 282 g/mol. The predicted octanol–water partition coefficient (Wildman–Crippen LogP) is 4.72. The lowest BCUT2D eigenvalue weighted by atomic mass is 9.95. The minimum atomic E-state index is -0.184. The van der Waals surface area contributed by atoms with Crippen LogP contribution in [0, 0.1) is 11.7 Å². The van der Waals surface area contributed by atoms with Gasteiger partial charge in [-0.1, -0.05) is 12.8 Å². The van der Waals surface area contributed by atoms with Gasteiger partial charge in [-0.2, -0.15) is 0 Å². The molecule has 1 saturated carbocycles. The van der Waals surface area contributed by atoms with Crippen molar-refractivity contribution in [3.05, 3.63) is 29.6 Å². The summed E-state index contributed by atoms with van der Waals surface area (Å²) < 4.78 is 13.3. The van der Waals surface area contributed by atoms with E-state index in [9.17, 15) is 4.39 Å². The molecule has 1 nitrogen and oxygen atoms in total. The van der Waals surface area contributed by atoms with Crippen LogP contribution in [-0.2, 0) is 5.88 Å². The second-order valence-electron chi connectivity index (χ2n) is 5.85. The number of halogens is 2. The zero-order chi connectivity index (χ0) is 13.2. The lowest BCUT2D eigenvalue weighted by molar-refractivity contribution is 0.430. The first-order valence-corrected chi connectivity index (χ1v) is 7.94. The number of alkyl halides is 1. The molecule has 1 atom stereocenters. The van der Waals surface area contributed by atoms with Gasteiger partial charge in [-0.05, 0) is 55.4 Å². The molecule has 19 heavy (non-hydrogen) atoms. The number of rotatable bonds is 3. The monoisotopic (exact) mass is 281 g/mol. The van der Waals surface area contributed by atoms with E-state index in [1.807, 2.05) is 6.07 Å². The second-order valence-corrected chi connectivity index (χ2v) is 6.12. The standard InChI is InChI=1S/C16H21ClFN/c17-11-13-10-14(18)7-8-16(13)19-9-3-6-15(19)12-4-1-2-5-12/h7-8,10,12,15H,1-6,9,11H2. The van der Waals surface area contributed by atoms with E-state index in [2.05, 4.69) is 4.90 Å². The van der Waals surface area contributed by atoms with Gasteiger partial charge in [0.25, 0.3) is 0 Å². The van der Waals surface area contributed by atoms with E-state index in [-0.39, 0.29) is 5.82 Å². The molecule has 2 aliphatic rings. The fourth-order valence-electron chi connectivity index (χ4n) is 3.87. The largest absolute Gasteiger partial charge is 0.368 e. The average Bonchev–Trinajstić information content (AvgIpc) is 3.08. The number of nitrogens with zero attached hydrogens (tertiary/aromatic N) is 1. The summed E-state index contributed by atoms with van der Waals surface area (Å²) in [5, 5.41) is 0. The van der Waals surface area contributed by atoms with Crippen molar-refractivity contribution in [1.82, 2.24) is 0 Å². The Morgan fingerprint density at radius 3 is 2.68 bits per heavy atom. The molecule has 104 valence electrons. The summed E-state index contributed by atoms with van der Waals surface area (Å²) in [6, 6.07) is 5.72. The highest BCUT2D eigenvalue weighted by molar-refractivity contribution is 6.17. The molecule has 1 saturated heterocycles. The van der Waals surface area contributed by atoms with Gasteiger partial charge in [-0.25, -0.2) is 4.39 Å². The SMILES string of the molecule is Fc1ccc(N2CCCC2C2CCCC2)c(CCl)c1. The molecule has 0 aromatic heterocycles. The smallest absolute Gasteiger partial charge is 0.123 e. The summed E-state index contributed by atoms with van der Waals surface area (Å²) in [5.41, 5.74) is 2.09. The van der Waals surface area contributed by atoms with E-state index in [1.165, 1.54) is 38.5 Å². The summed E-state index contributed by atoms with van der Waals surface area (Å²) in [7, 11) is 0. The van der Waals surface area contributed by atoms with Crippen LogP contribution >= 0.6 is 11.6 Å². The molecule has 3 heteroatoms. The van der Waals surface area contributed by atoms with E-state index in [0.29, 0.717) is 11.9 Å². The maximum Gasteiger partial charge on any atom is 0.123 e. The van der Waals surface area contributed by atoms with Crippen LogP contribution in [0.3, 0.4) is 0 Å². The third-order valence-electron chi connectivity index (χ3n) is 4.74. The van der Waals surface area contributed by atoms with E-state index in [4.69, 9.17) is 11.6 Å². The Morgan fingerprint density at radius 2 is 1.95 bits per heavy atom. The van der Waals surface area contributed by atoms with Gasteiger partial charge in [0.15, 0.2) is 0 Å². The number of benzene rings is 1. The Bertz CT molecular complexity index is 442. The van der Waals surface area contributed by atoms with E-state index in [0.717, 1.165) is 23.7 Å². The molecule has 1 aliphatic carbocycles. The Morgan fingerprint density at radius 1 is 1.16 bits per heavy atom. The lowest BCUT2D eigenvalue weighted by Crippen LogP contribution is -2.35. The van der Waals surface area contributed by atoms with Crippen LogP contribution in [0.2, 0.25) is 0 Å². The molecular weight excluding hydrogens is 261 g/mol. The zero-order valence-electron chi connectivity index (χ0n) is 11.2. The Hall–Kier alpha value is -0.760. The fraction of sp³-hybridized carbons (Fsp3) is 0.625. The second kappa shape index (κ2) is 5.70. The minimum absolute atomic E-state index is 0.184. The van der Waals surface area contributed by atoms with Crippen molar-refractivity contribution in [1.29, 1.82) is 0 Å². The molecule has 3 rings (SSSR count). The zero-order valence-corrected chi connectivity index (χ0v) is 12.0. The summed E-state index contributed by atoms with van der Waals surface area (Å²) in [6.45, 7) is 1.09. The third-order valence-corrected chi connectivity index (χ3v) is 5.03. The van der Waals surface area contributed by atoms with Crippen molar-refractivity contribution in [3.8, 4) is 0 Å². The molecule has 0 N–H and O–H groups in total. The Kier molecular flexibility index (Phi) is 3.97. The van der Waals surface area contributed by atoms with Gasteiger partial charge in [-0.3, -0.25) is 0 Å². The quantitative estimate of drug-likeness (QED) is 0.725. The minimum Gasteiger partial charge on any atom is -0.368 e. The van der Waals surface area contributed by atoms with Crippen molar-refractivity contribution in [2.24, 2.45) is 5.92 Å². The van der Waals surface area contributed by atoms with Crippen LogP contribution in [0.15, 0.2) is 18.2 Å². The summed E-state index contributed by atoms with van der Waals surface area (Å²) in [5.74, 6) is 1.03. The topological polar surface area (TPSA) is 3.24 Å². The molecule has 0 radical (unpaired) electrons. The van der Waals surface area contributed by atoms with Crippen molar-refractivity contribution >= 4 is 17.3 Å². The van der Waals surface area contributed by atoms with Crippen LogP contribution in [0.1, 0.15) is 44.1 Å². The van der Waals surface area contributed by atoms with Gasteiger partial charge < -0.3 is 4.90 Å². The van der Waals surface area contributed by atoms with Gasteiger partial charge in [0, 0.05) is 24.2 Å². The van der Waals surface area contributed by atoms with Crippen LogP contribution in [0.4, 0.5) is 10.1 Å². The maximum absolute atomic E-state index is 13.3.